The number of hydrogen-bond donors (Lipinski definition) is 0. The molecule has 2 heterocycles. The number of aryl methyl sites for hydroxylation is 1. The molecular weight excluding hydrogens is 410 g/mol. The van der Waals surface area contributed by atoms with Crippen LogP contribution in [0.5, 0.6) is 0 Å². The summed E-state index contributed by atoms with van der Waals surface area (Å²) in [6.07, 6.45) is 9.63. The number of amides is 1. The fourth-order valence-electron chi connectivity index (χ4n) is 4.23. The molecule has 0 radical (unpaired) electrons. The predicted molar refractivity (Wildman–Crippen MR) is 124 cm³/mol. The van der Waals surface area contributed by atoms with Gasteiger partial charge in [-0.2, -0.15) is 4.31 Å². The molecule has 1 amide bonds. The maximum atomic E-state index is 13.1. The second-order valence-corrected chi connectivity index (χ2v) is 9.87. The molecule has 1 fully saturated rings. The Labute approximate surface area is 186 Å². The zero-order valence-electron chi connectivity index (χ0n) is 18.7. The van der Waals surface area contributed by atoms with E-state index in [-0.39, 0.29) is 16.8 Å². The standard InChI is InChI=1S/C24H33N3O3S/c1-4-26(5-2)31(29,30)21-15-12-20(13-16-21)14-17-24(28)27-19-8-6-7-10-23(27)22-11-9-18-25(22)3/h9,11-18,23H,4-8,10,19H2,1-3H3/b17-14+/t23-/m1/s1. The summed E-state index contributed by atoms with van der Waals surface area (Å²) in [5.74, 6) is -0.00654. The number of likely N-dealkylation sites (tertiary alicyclic amines) is 1. The average Bonchev–Trinajstić information content (AvgIpc) is 3.04. The van der Waals surface area contributed by atoms with Crippen molar-refractivity contribution in [3.05, 3.63) is 59.9 Å². The van der Waals surface area contributed by atoms with Gasteiger partial charge < -0.3 is 9.47 Å². The first kappa shape index (κ1) is 23.3. The summed E-state index contributed by atoms with van der Waals surface area (Å²) >= 11 is 0. The van der Waals surface area contributed by atoms with Crippen molar-refractivity contribution in [2.45, 2.75) is 50.5 Å². The number of rotatable bonds is 7. The minimum absolute atomic E-state index is 0.00654. The van der Waals surface area contributed by atoms with Crippen LogP contribution in [-0.4, -0.2) is 47.7 Å². The number of carbonyl (C=O) groups excluding carboxylic acids is 1. The van der Waals surface area contributed by atoms with Crippen LogP contribution in [0.1, 0.15) is 56.8 Å². The van der Waals surface area contributed by atoms with Gasteiger partial charge in [-0.15, -0.1) is 0 Å². The quantitative estimate of drug-likeness (QED) is 0.602. The van der Waals surface area contributed by atoms with E-state index >= 15 is 0 Å². The Morgan fingerprint density at radius 2 is 1.81 bits per heavy atom. The molecule has 7 heteroatoms. The highest BCUT2D eigenvalue weighted by atomic mass is 32.2. The fourth-order valence-corrected chi connectivity index (χ4v) is 5.68. The van der Waals surface area contributed by atoms with Crippen LogP contribution >= 0.6 is 0 Å². The van der Waals surface area contributed by atoms with E-state index in [1.807, 2.05) is 38.1 Å². The van der Waals surface area contributed by atoms with Gasteiger partial charge in [-0.1, -0.05) is 38.8 Å². The van der Waals surface area contributed by atoms with Gasteiger partial charge in [0, 0.05) is 44.6 Å². The Kier molecular flexibility index (Phi) is 7.73. The van der Waals surface area contributed by atoms with E-state index in [1.54, 1.807) is 36.4 Å². The Morgan fingerprint density at radius 3 is 2.42 bits per heavy atom. The van der Waals surface area contributed by atoms with E-state index in [9.17, 15) is 13.2 Å². The van der Waals surface area contributed by atoms with Gasteiger partial charge in [0.2, 0.25) is 15.9 Å². The molecule has 0 saturated carbocycles. The topological polar surface area (TPSA) is 62.6 Å². The van der Waals surface area contributed by atoms with Crippen LogP contribution in [0, 0.1) is 0 Å². The second kappa shape index (κ2) is 10.3. The molecule has 6 nitrogen and oxygen atoms in total. The van der Waals surface area contributed by atoms with Crippen molar-refractivity contribution < 1.29 is 13.2 Å². The molecule has 168 valence electrons. The summed E-state index contributed by atoms with van der Waals surface area (Å²) in [4.78, 5) is 15.3. The minimum atomic E-state index is -3.48. The average molecular weight is 444 g/mol. The predicted octanol–water partition coefficient (Wildman–Crippen LogP) is 4.21. The van der Waals surface area contributed by atoms with E-state index in [1.165, 1.54) is 4.31 Å². The van der Waals surface area contributed by atoms with Gasteiger partial charge in [0.1, 0.15) is 0 Å². The lowest BCUT2D eigenvalue weighted by atomic mass is 10.1. The van der Waals surface area contributed by atoms with E-state index in [0.717, 1.165) is 43.5 Å². The van der Waals surface area contributed by atoms with Gasteiger partial charge in [0.25, 0.3) is 0 Å². The van der Waals surface area contributed by atoms with Gasteiger partial charge in [-0.05, 0) is 48.7 Å². The molecule has 0 unspecified atom stereocenters. The molecule has 1 saturated heterocycles. The third kappa shape index (κ3) is 5.28. The molecular formula is C24H33N3O3S. The zero-order chi connectivity index (χ0) is 22.4. The van der Waals surface area contributed by atoms with E-state index in [2.05, 4.69) is 10.6 Å². The summed E-state index contributed by atoms with van der Waals surface area (Å²) in [6, 6.07) is 10.9. The summed E-state index contributed by atoms with van der Waals surface area (Å²) in [5.41, 5.74) is 1.96. The zero-order valence-corrected chi connectivity index (χ0v) is 19.5. The molecule has 2 aromatic rings. The highest BCUT2D eigenvalue weighted by Gasteiger charge is 2.27. The number of sulfonamides is 1. The monoisotopic (exact) mass is 443 g/mol. The van der Waals surface area contributed by atoms with Crippen molar-refractivity contribution in [3.63, 3.8) is 0 Å². The third-order valence-electron chi connectivity index (χ3n) is 6.00. The van der Waals surface area contributed by atoms with Crippen LogP contribution in [0.25, 0.3) is 6.08 Å². The fraction of sp³-hybridized carbons (Fsp3) is 0.458. The molecule has 0 spiro atoms. The molecule has 1 atom stereocenters. The summed E-state index contributed by atoms with van der Waals surface area (Å²) in [7, 11) is -1.45. The number of benzene rings is 1. The maximum absolute atomic E-state index is 13.1. The van der Waals surface area contributed by atoms with Crippen molar-refractivity contribution in [2.75, 3.05) is 19.6 Å². The first-order chi connectivity index (χ1) is 14.9. The van der Waals surface area contributed by atoms with Crippen molar-refractivity contribution >= 4 is 22.0 Å². The van der Waals surface area contributed by atoms with Crippen molar-refractivity contribution in [1.29, 1.82) is 0 Å². The van der Waals surface area contributed by atoms with E-state index < -0.39 is 10.0 Å². The smallest absolute Gasteiger partial charge is 0.247 e. The normalized spacial score (nSPS) is 17.9. The van der Waals surface area contributed by atoms with Gasteiger partial charge in [0.15, 0.2) is 0 Å². The van der Waals surface area contributed by atoms with Crippen LogP contribution in [0.4, 0.5) is 0 Å². The number of hydrogen-bond acceptors (Lipinski definition) is 3. The van der Waals surface area contributed by atoms with Crippen LogP contribution < -0.4 is 0 Å². The highest BCUT2D eigenvalue weighted by Crippen LogP contribution is 2.30. The number of carbonyl (C=O) groups is 1. The van der Waals surface area contributed by atoms with Crippen molar-refractivity contribution in [2.24, 2.45) is 7.05 Å². The summed E-state index contributed by atoms with van der Waals surface area (Å²) in [6.45, 7) is 5.28. The first-order valence-corrected chi connectivity index (χ1v) is 12.5. The SMILES string of the molecule is CCN(CC)S(=O)(=O)c1ccc(/C=C/C(=O)N2CCCCC[C@@H]2c2cccn2C)cc1. The summed E-state index contributed by atoms with van der Waals surface area (Å²) in [5, 5.41) is 0. The van der Waals surface area contributed by atoms with Gasteiger partial charge in [-0.3, -0.25) is 4.79 Å². The Morgan fingerprint density at radius 1 is 1.10 bits per heavy atom. The minimum Gasteiger partial charge on any atom is -0.353 e. The molecule has 1 aromatic heterocycles. The van der Waals surface area contributed by atoms with Crippen LogP contribution in [0.3, 0.4) is 0 Å². The van der Waals surface area contributed by atoms with E-state index in [0.29, 0.717) is 13.1 Å². The Bertz CT molecular complexity index is 1000. The third-order valence-corrected chi connectivity index (χ3v) is 8.07. The molecule has 1 aromatic carbocycles. The lowest BCUT2D eigenvalue weighted by Gasteiger charge is -2.29. The van der Waals surface area contributed by atoms with Crippen LogP contribution in [0.2, 0.25) is 0 Å². The molecule has 0 aliphatic carbocycles. The molecule has 3 rings (SSSR count). The first-order valence-electron chi connectivity index (χ1n) is 11.1. The van der Waals surface area contributed by atoms with Crippen LogP contribution in [-0.2, 0) is 21.9 Å². The van der Waals surface area contributed by atoms with Crippen LogP contribution in [0.15, 0.2) is 53.6 Å². The molecule has 31 heavy (non-hydrogen) atoms. The Hall–Kier alpha value is -2.38. The Balaban J connectivity index is 1.76. The summed E-state index contributed by atoms with van der Waals surface area (Å²) < 4.78 is 28.8. The lowest BCUT2D eigenvalue weighted by Crippen LogP contribution is -2.34. The van der Waals surface area contributed by atoms with E-state index in [4.69, 9.17) is 0 Å². The van der Waals surface area contributed by atoms with Crippen molar-refractivity contribution in [1.82, 2.24) is 13.8 Å². The van der Waals surface area contributed by atoms with Gasteiger partial charge in [0.05, 0.1) is 10.9 Å². The lowest BCUT2D eigenvalue weighted by molar-refractivity contribution is -0.128. The molecule has 0 N–H and O–H groups in total. The van der Waals surface area contributed by atoms with Gasteiger partial charge in [-0.25, -0.2) is 8.42 Å². The molecule has 1 aliphatic rings. The van der Waals surface area contributed by atoms with Gasteiger partial charge >= 0.3 is 0 Å². The highest BCUT2D eigenvalue weighted by molar-refractivity contribution is 7.89. The molecule has 1 aliphatic heterocycles. The molecule has 0 bridgehead atoms. The number of nitrogens with zero attached hydrogens (tertiary/aromatic N) is 3. The maximum Gasteiger partial charge on any atom is 0.247 e. The second-order valence-electron chi connectivity index (χ2n) is 7.93. The van der Waals surface area contributed by atoms with Crippen molar-refractivity contribution in [3.8, 4) is 0 Å². The largest absolute Gasteiger partial charge is 0.353 e. The number of aromatic nitrogens is 1.